The van der Waals surface area contributed by atoms with Crippen molar-refractivity contribution in [3.05, 3.63) is 123 Å². The number of benzene rings is 3. The van der Waals surface area contributed by atoms with Crippen molar-refractivity contribution >= 4 is 34.6 Å². The monoisotopic (exact) mass is 515 g/mol. The highest BCUT2D eigenvalue weighted by Crippen LogP contribution is 2.21. The molecule has 0 fully saturated rings. The summed E-state index contributed by atoms with van der Waals surface area (Å²) in [5.74, 6) is 0. The van der Waals surface area contributed by atoms with E-state index in [0.29, 0.717) is 0 Å². The second kappa shape index (κ2) is 11.8. The van der Waals surface area contributed by atoms with Crippen molar-refractivity contribution in [2.45, 2.75) is 47.2 Å². The molecule has 0 bridgehead atoms. The molecule has 0 saturated heterocycles. The van der Waals surface area contributed by atoms with Crippen molar-refractivity contribution in [1.29, 1.82) is 0 Å². The molecule has 3 aromatic carbocycles. The minimum atomic E-state index is 0.724. The Morgan fingerprint density at radius 2 is 1.61 bits per heavy atom. The Morgan fingerprint density at radius 1 is 0.889 bits per heavy atom. The molecule has 0 aliphatic carbocycles. The molecular formula is C31H34ClN3S. The first kappa shape index (κ1) is 26.0. The average Bonchev–Trinajstić information content (AvgIpc) is 3.28. The van der Waals surface area contributed by atoms with E-state index in [1.54, 1.807) is 0 Å². The maximum Gasteiger partial charge on any atom is 0.173 e. The van der Waals surface area contributed by atoms with Gasteiger partial charge in [-0.15, -0.1) is 0 Å². The van der Waals surface area contributed by atoms with E-state index in [1.807, 2.05) is 12.1 Å². The van der Waals surface area contributed by atoms with Gasteiger partial charge in [-0.05, 0) is 98.4 Å². The Kier molecular flexibility index (Phi) is 8.50. The van der Waals surface area contributed by atoms with Gasteiger partial charge in [-0.25, -0.2) is 0 Å². The maximum absolute atomic E-state index is 6.10. The summed E-state index contributed by atoms with van der Waals surface area (Å²) in [6.07, 6.45) is 3.04. The molecule has 0 amide bonds. The van der Waals surface area contributed by atoms with Crippen LogP contribution >= 0.6 is 23.8 Å². The van der Waals surface area contributed by atoms with Crippen LogP contribution in [-0.2, 0) is 19.5 Å². The number of aryl methyl sites for hydroxylation is 4. The fourth-order valence-electron chi connectivity index (χ4n) is 4.51. The fraction of sp³-hybridized carbons (Fsp3) is 0.258. The number of nitrogens with one attached hydrogen (secondary N) is 1. The standard InChI is InChI=1S/C31H34ClN3S/c1-22-10-13-27(25(4)19-22)20-34-17-6-9-29(34)21-35(18-16-26-11-14-28(32)15-12-26)31(36)33-30-23(2)7-5-8-24(30)3/h5-15,17,19H,16,18,20-21H2,1-4H3,(H,33,36). The number of hydrogen-bond acceptors (Lipinski definition) is 1. The van der Waals surface area contributed by atoms with E-state index in [0.717, 1.165) is 41.9 Å². The van der Waals surface area contributed by atoms with Gasteiger partial charge < -0.3 is 14.8 Å². The highest BCUT2D eigenvalue weighted by atomic mass is 35.5. The van der Waals surface area contributed by atoms with E-state index in [9.17, 15) is 0 Å². The molecule has 3 nitrogen and oxygen atoms in total. The molecule has 1 heterocycles. The van der Waals surface area contributed by atoms with Crippen LogP contribution in [0.2, 0.25) is 5.02 Å². The molecule has 4 rings (SSSR count). The van der Waals surface area contributed by atoms with Crippen LogP contribution < -0.4 is 5.32 Å². The van der Waals surface area contributed by atoms with Gasteiger partial charge in [0.25, 0.3) is 0 Å². The Balaban J connectivity index is 1.56. The van der Waals surface area contributed by atoms with Crippen LogP contribution in [0.25, 0.3) is 0 Å². The molecule has 4 aromatic rings. The fourth-order valence-corrected chi connectivity index (χ4v) is 4.90. The van der Waals surface area contributed by atoms with Crippen LogP contribution in [0.1, 0.15) is 39.1 Å². The summed E-state index contributed by atoms with van der Waals surface area (Å²) in [5, 5.41) is 5.04. The van der Waals surface area contributed by atoms with Gasteiger partial charge in [-0.3, -0.25) is 0 Å². The molecule has 5 heteroatoms. The third-order valence-corrected chi connectivity index (χ3v) is 7.31. The number of para-hydroxylation sites is 1. The summed E-state index contributed by atoms with van der Waals surface area (Å²) in [6, 6.07) is 25.4. The molecule has 0 atom stereocenters. The van der Waals surface area contributed by atoms with Gasteiger partial charge in [-0.2, -0.15) is 0 Å². The van der Waals surface area contributed by atoms with E-state index >= 15 is 0 Å². The number of halogens is 1. The predicted octanol–water partition coefficient (Wildman–Crippen LogP) is 7.87. The Labute approximate surface area is 225 Å². The van der Waals surface area contributed by atoms with Gasteiger partial charge in [0.1, 0.15) is 0 Å². The average molecular weight is 516 g/mol. The van der Waals surface area contributed by atoms with Gasteiger partial charge in [0, 0.05) is 35.7 Å². The summed E-state index contributed by atoms with van der Waals surface area (Å²) < 4.78 is 2.33. The summed E-state index contributed by atoms with van der Waals surface area (Å²) in [4.78, 5) is 2.27. The van der Waals surface area contributed by atoms with Crippen LogP contribution in [0.5, 0.6) is 0 Å². The minimum Gasteiger partial charge on any atom is -0.345 e. The van der Waals surface area contributed by atoms with E-state index < -0.39 is 0 Å². The first-order chi connectivity index (χ1) is 17.3. The Morgan fingerprint density at radius 3 is 2.31 bits per heavy atom. The number of aromatic nitrogens is 1. The van der Waals surface area contributed by atoms with Crippen LogP contribution in [0.4, 0.5) is 5.69 Å². The van der Waals surface area contributed by atoms with Gasteiger partial charge in [0.15, 0.2) is 5.11 Å². The van der Waals surface area contributed by atoms with Crippen molar-refractivity contribution in [2.75, 3.05) is 11.9 Å². The van der Waals surface area contributed by atoms with E-state index in [-0.39, 0.29) is 0 Å². The molecule has 36 heavy (non-hydrogen) atoms. The maximum atomic E-state index is 6.10. The molecule has 186 valence electrons. The van der Waals surface area contributed by atoms with Crippen LogP contribution in [0, 0.1) is 27.7 Å². The lowest BCUT2D eigenvalue weighted by atomic mass is 10.1. The van der Waals surface area contributed by atoms with Crippen molar-refractivity contribution in [1.82, 2.24) is 9.47 Å². The molecule has 0 saturated carbocycles. The predicted molar refractivity (Wildman–Crippen MR) is 157 cm³/mol. The normalized spacial score (nSPS) is 10.9. The molecule has 0 aliphatic heterocycles. The molecule has 1 aromatic heterocycles. The highest BCUT2D eigenvalue weighted by Gasteiger charge is 2.15. The molecule has 0 aliphatic rings. The molecule has 0 radical (unpaired) electrons. The van der Waals surface area contributed by atoms with Crippen LogP contribution in [0.3, 0.4) is 0 Å². The minimum absolute atomic E-state index is 0.724. The third-order valence-electron chi connectivity index (χ3n) is 6.70. The summed E-state index contributed by atoms with van der Waals surface area (Å²) in [5.41, 5.74) is 9.89. The summed E-state index contributed by atoms with van der Waals surface area (Å²) in [6.45, 7) is 10.9. The first-order valence-corrected chi connectivity index (χ1v) is 13.2. The quantitative estimate of drug-likeness (QED) is 0.241. The SMILES string of the molecule is Cc1ccc(Cn2cccc2CN(CCc2ccc(Cl)cc2)C(=S)Nc2c(C)cccc2C)c(C)c1. The van der Waals surface area contributed by atoms with Gasteiger partial charge in [-0.1, -0.05) is 65.7 Å². The van der Waals surface area contributed by atoms with Crippen molar-refractivity contribution in [3.8, 4) is 0 Å². The van der Waals surface area contributed by atoms with Crippen LogP contribution in [-0.4, -0.2) is 21.1 Å². The van der Waals surface area contributed by atoms with E-state index in [1.165, 1.54) is 39.1 Å². The Hall–Kier alpha value is -3.08. The molecule has 0 unspecified atom stereocenters. The lowest BCUT2D eigenvalue weighted by Gasteiger charge is -2.28. The van der Waals surface area contributed by atoms with Gasteiger partial charge in [0.2, 0.25) is 0 Å². The number of rotatable bonds is 8. The topological polar surface area (TPSA) is 20.2 Å². The third kappa shape index (κ3) is 6.57. The smallest absolute Gasteiger partial charge is 0.173 e. The number of nitrogens with zero attached hydrogens (tertiary/aromatic N) is 2. The lowest BCUT2D eigenvalue weighted by Crippen LogP contribution is -2.36. The zero-order chi connectivity index (χ0) is 25.7. The second-order valence-electron chi connectivity index (χ2n) is 9.55. The molecule has 1 N–H and O–H groups in total. The Bertz CT molecular complexity index is 1320. The first-order valence-electron chi connectivity index (χ1n) is 12.4. The number of hydrogen-bond donors (Lipinski definition) is 1. The van der Waals surface area contributed by atoms with Crippen LogP contribution in [0.15, 0.2) is 79.0 Å². The largest absolute Gasteiger partial charge is 0.345 e. The molecule has 0 spiro atoms. The second-order valence-corrected chi connectivity index (χ2v) is 10.4. The number of thiocarbonyl (C=S) groups is 1. The van der Waals surface area contributed by atoms with E-state index in [4.69, 9.17) is 23.8 Å². The number of anilines is 1. The van der Waals surface area contributed by atoms with Gasteiger partial charge in [0.05, 0.1) is 6.54 Å². The lowest BCUT2D eigenvalue weighted by molar-refractivity contribution is 0.409. The zero-order valence-corrected chi connectivity index (χ0v) is 23.1. The van der Waals surface area contributed by atoms with E-state index in [2.05, 4.69) is 109 Å². The summed E-state index contributed by atoms with van der Waals surface area (Å²) >= 11 is 12.1. The highest BCUT2D eigenvalue weighted by molar-refractivity contribution is 7.80. The van der Waals surface area contributed by atoms with Crippen molar-refractivity contribution < 1.29 is 0 Å². The molecular weight excluding hydrogens is 482 g/mol. The van der Waals surface area contributed by atoms with Crippen molar-refractivity contribution in [2.24, 2.45) is 0 Å². The van der Waals surface area contributed by atoms with Gasteiger partial charge >= 0.3 is 0 Å². The summed E-state index contributed by atoms with van der Waals surface area (Å²) in [7, 11) is 0. The zero-order valence-electron chi connectivity index (χ0n) is 21.5. The van der Waals surface area contributed by atoms with Crippen molar-refractivity contribution in [3.63, 3.8) is 0 Å².